The topological polar surface area (TPSA) is 85.1 Å². The third-order valence-corrected chi connectivity index (χ3v) is 2.10. The Hall–Kier alpha value is -1.91. The number of carbonyl (C=O) groups is 2. The summed E-state index contributed by atoms with van der Waals surface area (Å²) < 4.78 is 0. The van der Waals surface area contributed by atoms with Gasteiger partial charge in [0, 0.05) is 12.7 Å². The van der Waals surface area contributed by atoms with Crippen molar-refractivity contribution in [3.8, 4) is 0 Å². The summed E-state index contributed by atoms with van der Waals surface area (Å²) in [5.41, 5.74) is 5.39. The third kappa shape index (κ3) is 3.05. The number of amides is 2. The molecule has 1 aromatic heterocycles. The molecule has 2 amide bonds. The fourth-order valence-electron chi connectivity index (χ4n) is 1.25. The highest BCUT2D eigenvalue weighted by Crippen LogP contribution is 2.04. The first-order valence-corrected chi connectivity index (χ1v) is 5.19. The second-order valence-electron chi connectivity index (χ2n) is 3.37. The Bertz CT molecular complexity index is 391. The maximum Gasteiger partial charge on any atom is 0.270 e. The molecule has 0 aromatic carbocycles. The van der Waals surface area contributed by atoms with Crippen LogP contribution in [0.1, 0.15) is 40.6 Å². The zero-order chi connectivity index (χ0) is 12.0. The summed E-state index contributed by atoms with van der Waals surface area (Å²) in [5, 5.41) is 2.69. The van der Waals surface area contributed by atoms with Gasteiger partial charge in [-0.25, -0.2) is 0 Å². The number of primary amides is 1. The summed E-state index contributed by atoms with van der Waals surface area (Å²) in [6, 6.07) is 3.06. The number of aromatic nitrogens is 1. The SMILES string of the molecule is CCCCNC(=O)c1ncccc1C(N)=O. The summed E-state index contributed by atoms with van der Waals surface area (Å²) >= 11 is 0. The lowest BCUT2D eigenvalue weighted by molar-refractivity contribution is 0.0930. The van der Waals surface area contributed by atoms with Crippen LogP contribution in [-0.2, 0) is 0 Å². The quantitative estimate of drug-likeness (QED) is 0.718. The predicted octanol–water partition coefficient (Wildman–Crippen LogP) is 0.710. The first kappa shape index (κ1) is 12.2. The monoisotopic (exact) mass is 221 g/mol. The standard InChI is InChI=1S/C11H15N3O2/c1-2-3-6-14-11(16)9-8(10(12)15)5-4-7-13-9/h4-5,7H,2-3,6H2,1H3,(H2,12,15)(H,14,16). The molecule has 1 rings (SSSR count). The lowest BCUT2D eigenvalue weighted by atomic mass is 10.1. The molecule has 0 spiro atoms. The van der Waals surface area contributed by atoms with Gasteiger partial charge in [-0.05, 0) is 18.6 Å². The number of hydrogen-bond acceptors (Lipinski definition) is 3. The van der Waals surface area contributed by atoms with Crippen molar-refractivity contribution in [2.24, 2.45) is 5.73 Å². The van der Waals surface area contributed by atoms with Crippen molar-refractivity contribution >= 4 is 11.8 Å². The van der Waals surface area contributed by atoms with Gasteiger partial charge >= 0.3 is 0 Å². The zero-order valence-electron chi connectivity index (χ0n) is 9.19. The number of nitrogens with one attached hydrogen (secondary N) is 1. The number of hydrogen-bond donors (Lipinski definition) is 2. The number of unbranched alkanes of at least 4 members (excludes halogenated alkanes) is 1. The number of nitrogens with two attached hydrogens (primary N) is 1. The molecule has 1 heterocycles. The molecule has 0 bridgehead atoms. The molecule has 0 aliphatic heterocycles. The zero-order valence-corrected chi connectivity index (χ0v) is 9.19. The predicted molar refractivity (Wildman–Crippen MR) is 60.0 cm³/mol. The van der Waals surface area contributed by atoms with E-state index >= 15 is 0 Å². The van der Waals surface area contributed by atoms with E-state index in [-0.39, 0.29) is 17.2 Å². The van der Waals surface area contributed by atoms with Crippen LogP contribution in [0.4, 0.5) is 0 Å². The average Bonchev–Trinajstić information content (AvgIpc) is 2.29. The van der Waals surface area contributed by atoms with Gasteiger partial charge in [0.05, 0.1) is 5.56 Å². The molecule has 0 radical (unpaired) electrons. The molecule has 0 saturated carbocycles. The molecule has 0 saturated heterocycles. The molecular weight excluding hydrogens is 206 g/mol. The lowest BCUT2D eigenvalue weighted by Crippen LogP contribution is -2.28. The van der Waals surface area contributed by atoms with E-state index in [0.29, 0.717) is 6.54 Å². The van der Waals surface area contributed by atoms with E-state index in [1.165, 1.54) is 12.3 Å². The van der Waals surface area contributed by atoms with E-state index in [1.54, 1.807) is 6.07 Å². The molecule has 5 heteroatoms. The minimum Gasteiger partial charge on any atom is -0.366 e. The second kappa shape index (κ2) is 5.85. The minimum atomic E-state index is -0.645. The van der Waals surface area contributed by atoms with Gasteiger partial charge in [-0.3, -0.25) is 14.6 Å². The van der Waals surface area contributed by atoms with Gasteiger partial charge in [0.25, 0.3) is 11.8 Å². The van der Waals surface area contributed by atoms with E-state index < -0.39 is 5.91 Å². The van der Waals surface area contributed by atoms with Crippen LogP contribution in [-0.4, -0.2) is 23.3 Å². The normalized spacial score (nSPS) is 9.81. The van der Waals surface area contributed by atoms with E-state index in [1.807, 2.05) is 6.92 Å². The Morgan fingerprint density at radius 1 is 1.50 bits per heavy atom. The highest BCUT2D eigenvalue weighted by atomic mass is 16.2. The molecule has 16 heavy (non-hydrogen) atoms. The maximum absolute atomic E-state index is 11.7. The number of pyridine rings is 1. The highest BCUT2D eigenvalue weighted by molar-refractivity contribution is 6.05. The number of nitrogens with zero attached hydrogens (tertiary/aromatic N) is 1. The van der Waals surface area contributed by atoms with Crippen LogP contribution in [0.5, 0.6) is 0 Å². The van der Waals surface area contributed by atoms with Crippen LogP contribution < -0.4 is 11.1 Å². The molecule has 3 N–H and O–H groups in total. The fourth-order valence-corrected chi connectivity index (χ4v) is 1.25. The molecule has 86 valence electrons. The largest absolute Gasteiger partial charge is 0.366 e. The summed E-state index contributed by atoms with van der Waals surface area (Å²) in [7, 11) is 0. The van der Waals surface area contributed by atoms with Gasteiger partial charge in [0.2, 0.25) is 0 Å². The molecular formula is C11H15N3O2. The Kier molecular flexibility index (Phi) is 4.44. The van der Waals surface area contributed by atoms with Crippen molar-refractivity contribution in [2.45, 2.75) is 19.8 Å². The second-order valence-corrected chi connectivity index (χ2v) is 3.37. The average molecular weight is 221 g/mol. The molecule has 0 aliphatic carbocycles. The van der Waals surface area contributed by atoms with Crippen LogP contribution >= 0.6 is 0 Å². The first-order chi connectivity index (χ1) is 7.66. The smallest absolute Gasteiger partial charge is 0.270 e. The van der Waals surface area contributed by atoms with Crippen molar-refractivity contribution in [3.05, 3.63) is 29.6 Å². The third-order valence-electron chi connectivity index (χ3n) is 2.10. The van der Waals surface area contributed by atoms with Crippen LogP contribution in [0.25, 0.3) is 0 Å². The van der Waals surface area contributed by atoms with Crippen LogP contribution in [0, 0.1) is 0 Å². The summed E-state index contributed by atoms with van der Waals surface area (Å²) in [6.07, 6.45) is 3.34. The Labute approximate surface area is 94.1 Å². The Balaban J connectivity index is 2.78. The molecule has 5 nitrogen and oxygen atoms in total. The van der Waals surface area contributed by atoms with Crippen molar-refractivity contribution in [1.82, 2.24) is 10.3 Å². The van der Waals surface area contributed by atoms with Crippen molar-refractivity contribution < 1.29 is 9.59 Å². The van der Waals surface area contributed by atoms with E-state index in [4.69, 9.17) is 5.73 Å². The minimum absolute atomic E-state index is 0.0890. The molecule has 0 fully saturated rings. The van der Waals surface area contributed by atoms with Gasteiger partial charge in [-0.1, -0.05) is 13.3 Å². The fraction of sp³-hybridized carbons (Fsp3) is 0.364. The molecule has 1 aromatic rings. The summed E-state index contributed by atoms with van der Waals surface area (Å²) in [5.74, 6) is -1.00. The van der Waals surface area contributed by atoms with Gasteiger partial charge in [-0.2, -0.15) is 0 Å². The van der Waals surface area contributed by atoms with Crippen LogP contribution in [0.15, 0.2) is 18.3 Å². The van der Waals surface area contributed by atoms with E-state index in [0.717, 1.165) is 12.8 Å². The molecule has 0 unspecified atom stereocenters. The first-order valence-electron chi connectivity index (χ1n) is 5.19. The van der Waals surface area contributed by atoms with Gasteiger partial charge < -0.3 is 11.1 Å². The Morgan fingerprint density at radius 3 is 2.88 bits per heavy atom. The maximum atomic E-state index is 11.7. The van der Waals surface area contributed by atoms with Crippen LogP contribution in [0.3, 0.4) is 0 Å². The van der Waals surface area contributed by atoms with Gasteiger partial charge in [0.15, 0.2) is 0 Å². The van der Waals surface area contributed by atoms with E-state index in [9.17, 15) is 9.59 Å². The molecule has 0 atom stereocenters. The van der Waals surface area contributed by atoms with Crippen molar-refractivity contribution in [3.63, 3.8) is 0 Å². The lowest BCUT2D eigenvalue weighted by Gasteiger charge is -2.06. The van der Waals surface area contributed by atoms with Crippen molar-refractivity contribution in [1.29, 1.82) is 0 Å². The Morgan fingerprint density at radius 2 is 2.25 bits per heavy atom. The van der Waals surface area contributed by atoms with E-state index in [2.05, 4.69) is 10.3 Å². The number of carbonyl (C=O) groups excluding carboxylic acids is 2. The van der Waals surface area contributed by atoms with Gasteiger partial charge in [0.1, 0.15) is 5.69 Å². The summed E-state index contributed by atoms with van der Waals surface area (Å²) in [6.45, 7) is 2.60. The van der Waals surface area contributed by atoms with Crippen LogP contribution in [0.2, 0.25) is 0 Å². The summed E-state index contributed by atoms with van der Waals surface area (Å²) in [4.78, 5) is 26.6. The number of rotatable bonds is 5. The van der Waals surface area contributed by atoms with Gasteiger partial charge in [-0.15, -0.1) is 0 Å². The molecule has 0 aliphatic rings. The highest BCUT2D eigenvalue weighted by Gasteiger charge is 2.15. The van der Waals surface area contributed by atoms with Crippen molar-refractivity contribution in [2.75, 3.05) is 6.54 Å².